The first-order valence-corrected chi connectivity index (χ1v) is 5.37. The summed E-state index contributed by atoms with van der Waals surface area (Å²) in [4.78, 5) is 10.2. The summed E-state index contributed by atoms with van der Waals surface area (Å²) in [5.41, 5.74) is 7.49. The van der Waals surface area contributed by atoms with Crippen molar-refractivity contribution in [1.29, 1.82) is 0 Å². The predicted octanol–water partition coefficient (Wildman–Crippen LogP) is 1.89. The minimum Gasteiger partial charge on any atom is -0.382 e. The number of nitrogens with zero attached hydrogens (tertiary/aromatic N) is 3. The molecule has 2 aromatic rings. The van der Waals surface area contributed by atoms with Gasteiger partial charge in [-0.2, -0.15) is 0 Å². The maximum atomic E-state index is 13.2. The van der Waals surface area contributed by atoms with Crippen molar-refractivity contribution >= 4 is 17.3 Å². The molecule has 0 radical (unpaired) electrons. The fourth-order valence-corrected chi connectivity index (χ4v) is 2.06. The van der Waals surface area contributed by atoms with Gasteiger partial charge in [0.2, 0.25) is 0 Å². The molecule has 0 unspecified atom stereocenters. The minimum atomic E-state index is -0.237. The number of benzene rings is 1. The number of hydrogen-bond donors (Lipinski definition) is 1. The molecule has 3 rings (SSSR count). The topological polar surface area (TPSA) is 55.0 Å². The van der Waals surface area contributed by atoms with Gasteiger partial charge in [-0.1, -0.05) is 6.07 Å². The molecule has 0 atom stereocenters. The van der Waals surface area contributed by atoms with E-state index in [4.69, 9.17) is 5.73 Å². The third kappa shape index (κ3) is 1.69. The summed E-state index contributed by atoms with van der Waals surface area (Å²) < 4.78 is 13.2. The van der Waals surface area contributed by atoms with Crippen molar-refractivity contribution in [1.82, 2.24) is 9.97 Å². The van der Waals surface area contributed by atoms with Crippen LogP contribution in [0.4, 0.5) is 21.7 Å². The summed E-state index contributed by atoms with van der Waals surface area (Å²) in [6, 6.07) is 4.83. The van der Waals surface area contributed by atoms with E-state index >= 15 is 0 Å². The normalized spacial score (nSPS) is 13.8. The van der Waals surface area contributed by atoms with Gasteiger partial charge in [0.15, 0.2) is 5.82 Å². The standard InChI is InChI=1S/C12H11FN4/c13-9-2-1-8-3-4-17(10(8)5-9)12-7-15-11(14)6-16-12/h1-2,5-7H,3-4H2,(H2,14,15). The van der Waals surface area contributed by atoms with Crippen LogP contribution in [0.25, 0.3) is 0 Å². The van der Waals surface area contributed by atoms with Gasteiger partial charge < -0.3 is 10.6 Å². The Morgan fingerprint density at radius 2 is 2.12 bits per heavy atom. The lowest BCUT2D eigenvalue weighted by molar-refractivity contribution is 0.628. The molecule has 2 N–H and O–H groups in total. The number of halogens is 1. The van der Waals surface area contributed by atoms with Crippen molar-refractivity contribution in [2.45, 2.75) is 6.42 Å². The van der Waals surface area contributed by atoms with Crippen LogP contribution < -0.4 is 10.6 Å². The lowest BCUT2D eigenvalue weighted by atomic mass is 10.2. The molecule has 4 nitrogen and oxygen atoms in total. The molecule has 5 heteroatoms. The number of nitrogen functional groups attached to an aromatic ring is 1. The first kappa shape index (κ1) is 10.0. The highest BCUT2D eigenvalue weighted by molar-refractivity contribution is 5.67. The number of aromatic nitrogens is 2. The van der Waals surface area contributed by atoms with Crippen LogP contribution in [0.5, 0.6) is 0 Å². The molecule has 1 aliphatic rings. The second-order valence-electron chi connectivity index (χ2n) is 3.97. The summed E-state index contributed by atoms with van der Waals surface area (Å²) in [5, 5.41) is 0. The van der Waals surface area contributed by atoms with E-state index in [9.17, 15) is 4.39 Å². The molecule has 1 aromatic heterocycles. The maximum Gasteiger partial charge on any atom is 0.151 e. The predicted molar refractivity (Wildman–Crippen MR) is 63.6 cm³/mol. The molecular weight excluding hydrogens is 219 g/mol. The number of fused-ring (bicyclic) bond motifs is 1. The van der Waals surface area contributed by atoms with Crippen molar-refractivity contribution in [2.24, 2.45) is 0 Å². The second kappa shape index (κ2) is 3.69. The van der Waals surface area contributed by atoms with Crippen molar-refractivity contribution in [3.63, 3.8) is 0 Å². The molecule has 0 saturated carbocycles. The molecule has 86 valence electrons. The largest absolute Gasteiger partial charge is 0.382 e. The summed E-state index contributed by atoms with van der Waals surface area (Å²) in [6.45, 7) is 0.789. The number of anilines is 3. The Balaban J connectivity index is 2.03. The van der Waals surface area contributed by atoms with Gasteiger partial charge in [-0.3, -0.25) is 0 Å². The van der Waals surface area contributed by atoms with Gasteiger partial charge in [0.25, 0.3) is 0 Å². The summed E-state index contributed by atoms with van der Waals surface area (Å²) >= 11 is 0. The third-order valence-corrected chi connectivity index (χ3v) is 2.88. The Kier molecular flexibility index (Phi) is 2.18. The van der Waals surface area contributed by atoms with E-state index in [1.807, 2.05) is 11.0 Å². The van der Waals surface area contributed by atoms with Crippen LogP contribution in [0.2, 0.25) is 0 Å². The SMILES string of the molecule is Nc1cnc(N2CCc3ccc(F)cc32)cn1. The molecule has 0 bridgehead atoms. The van der Waals surface area contributed by atoms with E-state index in [2.05, 4.69) is 9.97 Å². The lowest BCUT2D eigenvalue weighted by Crippen LogP contribution is -2.15. The Bertz CT molecular complexity index is 553. The van der Waals surface area contributed by atoms with Crippen molar-refractivity contribution in [3.8, 4) is 0 Å². The molecule has 0 aliphatic carbocycles. The van der Waals surface area contributed by atoms with Gasteiger partial charge in [-0.15, -0.1) is 0 Å². The zero-order valence-electron chi connectivity index (χ0n) is 9.10. The Morgan fingerprint density at radius 1 is 1.24 bits per heavy atom. The van der Waals surface area contributed by atoms with Crippen LogP contribution in [0, 0.1) is 5.82 Å². The highest BCUT2D eigenvalue weighted by Gasteiger charge is 2.21. The zero-order valence-corrected chi connectivity index (χ0v) is 9.10. The van der Waals surface area contributed by atoms with Crippen molar-refractivity contribution in [2.75, 3.05) is 17.2 Å². The first-order chi connectivity index (χ1) is 8.24. The van der Waals surface area contributed by atoms with Crippen LogP contribution in [0.3, 0.4) is 0 Å². The maximum absolute atomic E-state index is 13.2. The van der Waals surface area contributed by atoms with E-state index in [-0.39, 0.29) is 5.82 Å². The number of nitrogens with two attached hydrogens (primary N) is 1. The smallest absolute Gasteiger partial charge is 0.151 e. The minimum absolute atomic E-state index is 0.237. The summed E-state index contributed by atoms with van der Waals surface area (Å²) in [5.74, 6) is 0.843. The van der Waals surface area contributed by atoms with E-state index < -0.39 is 0 Å². The third-order valence-electron chi connectivity index (χ3n) is 2.88. The van der Waals surface area contributed by atoms with Gasteiger partial charge >= 0.3 is 0 Å². The fraction of sp³-hybridized carbons (Fsp3) is 0.167. The second-order valence-corrected chi connectivity index (χ2v) is 3.97. The van der Waals surface area contributed by atoms with Gasteiger partial charge in [-0.05, 0) is 24.1 Å². The quantitative estimate of drug-likeness (QED) is 0.812. The average Bonchev–Trinajstić information content (AvgIpc) is 2.73. The average molecular weight is 230 g/mol. The Morgan fingerprint density at radius 3 is 2.88 bits per heavy atom. The summed E-state index contributed by atoms with van der Waals surface area (Å²) in [6.07, 6.45) is 4.00. The van der Waals surface area contributed by atoms with Crippen LogP contribution in [-0.2, 0) is 6.42 Å². The Hall–Kier alpha value is -2.17. The van der Waals surface area contributed by atoms with Crippen molar-refractivity contribution in [3.05, 3.63) is 42.0 Å². The van der Waals surface area contributed by atoms with Crippen molar-refractivity contribution < 1.29 is 4.39 Å². The monoisotopic (exact) mass is 230 g/mol. The van der Waals surface area contributed by atoms with Crippen LogP contribution in [0.15, 0.2) is 30.6 Å². The molecule has 17 heavy (non-hydrogen) atoms. The fourth-order valence-electron chi connectivity index (χ4n) is 2.06. The molecule has 0 fully saturated rings. The van der Waals surface area contributed by atoms with E-state index in [1.165, 1.54) is 18.3 Å². The molecule has 0 amide bonds. The van der Waals surface area contributed by atoms with E-state index in [0.29, 0.717) is 11.6 Å². The highest BCUT2D eigenvalue weighted by Crippen LogP contribution is 2.33. The molecule has 1 aliphatic heterocycles. The first-order valence-electron chi connectivity index (χ1n) is 5.37. The molecule has 1 aromatic carbocycles. The van der Waals surface area contributed by atoms with Crippen LogP contribution in [-0.4, -0.2) is 16.5 Å². The highest BCUT2D eigenvalue weighted by atomic mass is 19.1. The zero-order chi connectivity index (χ0) is 11.8. The van der Waals surface area contributed by atoms with Gasteiger partial charge in [0, 0.05) is 12.2 Å². The summed E-state index contributed by atoms with van der Waals surface area (Å²) in [7, 11) is 0. The molecule has 0 saturated heterocycles. The number of rotatable bonds is 1. The molecule has 2 heterocycles. The van der Waals surface area contributed by atoms with Gasteiger partial charge in [0.1, 0.15) is 11.6 Å². The molecular formula is C12H11FN4. The van der Waals surface area contributed by atoms with Crippen LogP contribution >= 0.6 is 0 Å². The lowest BCUT2D eigenvalue weighted by Gasteiger charge is -2.17. The Labute approximate surface area is 97.9 Å². The number of hydrogen-bond acceptors (Lipinski definition) is 4. The van der Waals surface area contributed by atoms with Gasteiger partial charge in [-0.25, -0.2) is 14.4 Å². The van der Waals surface area contributed by atoms with E-state index in [1.54, 1.807) is 6.20 Å². The van der Waals surface area contributed by atoms with Crippen LogP contribution in [0.1, 0.15) is 5.56 Å². The van der Waals surface area contributed by atoms with Gasteiger partial charge in [0.05, 0.1) is 12.4 Å². The molecule has 0 spiro atoms. The van der Waals surface area contributed by atoms with E-state index in [0.717, 1.165) is 24.2 Å².